The largest absolute Gasteiger partial charge is 0.478 e. The Balaban J connectivity index is 1.69. The lowest BCUT2D eigenvalue weighted by atomic mass is 10.0. The van der Waals surface area contributed by atoms with Crippen LogP contribution in [0, 0.1) is 0 Å². The molecular formula is C28H29NO8S. The summed E-state index contributed by atoms with van der Waals surface area (Å²) in [4.78, 5) is 24.6. The van der Waals surface area contributed by atoms with Gasteiger partial charge in [-0.15, -0.1) is 0 Å². The number of carbonyl (C=O) groups is 2. The van der Waals surface area contributed by atoms with Gasteiger partial charge < -0.3 is 19.3 Å². The van der Waals surface area contributed by atoms with E-state index < -0.39 is 58.1 Å². The second-order valence-electron chi connectivity index (χ2n) is 8.36. The second kappa shape index (κ2) is 11.1. The number of rotatable bonds is 10. The van der Waals surface area contributed by atoms with Crippen LogP contribution in [-0.4, -0.2) is 32.2 Å². The van der Waals surface area contributed by atoms with Gasteiger partial charge in [0.25, 0.3) is 15.9 Å². The van der Waals surface area contributed by atoms with Crippen LogP contribution in [0.25, 0.3) is 0 Å². The van der Waals surface area contributed by atoms with Gasteiger partial charge in [-0.1, -0.05) is 45.2 Å². The molecule has 0 fully saturated rings. The fourth-order valence-electron chi connectivity index (χ4n) is 3.81. The minimum atomic E-state index is -4.64. The Morgan fingerprint density at radius 3 is 2.45 bits per heavy atom. The van der Waals surface area contributed by atoms with Gasteiger partial charge in [0.2, 0.25) is 12.9 Å². The van der Waals surface area contributed by atoms with Crippen LogP contribution < -0.4 is 18.9 Å². The highest BCUT2D eigenvalue weighted by Crippen LogP contribution is 2.36. The van der Waals surface area contributed by atoms with E-state index in [4.69, 9.17) is 23.8 Å². The van der Waals surface area contributed by atoms with Gasteiger partial charge in [0.05, 0.1) is 10.5 Å². The number of fused-ring (bicyclic) bond motifs is 1. The summed E-state index contributed by atoms with van der Waals surface area (Å²) in [7, 11) is -4.64. The molecule has 1 amide bonds. The number of sulfonamides is 1. The van der Waals surface area contributed by atoms with Crippen molar-refractivity contribution in [2.45, 2.75) is 50.4 Å². The Morgan fingerprint density at radius 2 is 1.76 bits per heavy atom. The van der Waals surface area contributed by atoms with Crippen LogP contribution in [0.1, 0.15) is 75.7 Å². The van der Waals surface area contributed by atoms with Gasteiger partial charge in [-0.25, -0.2) is 17.9 Å². The number of carbonyl (C=O) groups excluding carboxylic acids is 1. The molecule has 1 atom stereocenters. The molecule has 0 spiro atoms. The Labute approximate surface area is 231 Å². The summed E-state index contributed by atoms with van der Waals surface area (Å²) in [5.74, 6) is -4.53. The van der Waals surface area contributed by atoms with E-state index in [0.29, 0.717) is 24.2 Å². The number of aryl methyl sites for hydroxylation is 1. The third kappa shape index (κ3) is 5.91. The van der Waals surface area contributed by atoms with Gasteiger partial charge in [0, 0.05) is 15.2 Å². The molecule has 1 aliphatic rings. The first kappa shape index (κ1) is 19.1. The number of amides is 1. The predicted molar refractivity (Wildman–Crippen MR) is 139 cm³/mol. The zero-order valence-electron chi connectivity index (χ0n) is 27.2. The molecule has 0 bridgehead atoms. The number of benzene rings is 3. The molecule has 3 aromatic carbocycles. The lowest BCUT2D eigenvalue weighted by Crippen LogP contribution is -2.37. The van der Waals surface area contributed by atoms with Gasteiger partial charge in [0.1, 0.15) is 5.75 Å². The van der Waals surface area contributed by atoms with Crippen molar-refractivity contribution < 1.29 is 46.9 Å². The van der Waals surface area contributed by atoms with Crippen molar-refractivity contribution in [2.75, 3.05) is 6.79 Å². The first-order valence-electron chi connectivity index (χ1n) is 15.0. The number of hydrogen-bond acceptors (Lipinski definition) is 7. The van der Waals surface area contributed by atoms with Crippen molar-refractivity contribution in [1.82, 2.24) is 4.72 Å². The van der Waals surface area contributed by atoms with E-state index in [0.717, 1.165) is 24.3 Å². The van der Waals surface area contributed by atoms with Crippen molar-refractivity contribution in [3.05, 3.63) is 82.9 Å². The van der Waals surface area contributed by atoms with Crippen LogP contribution in [0.15, 0.2) is 65.6 Å². The lowest BCUT2D eigenvalue weighted by Gasteiger charge is -2.21. The minimum absolute atomic E-state index is 0.00501. The molecule has 2 N–H and O–H groups in total. The number of hydrogen-bond donors (Lipinski definition) is 2. The quantitative estimate of drug-likeness (QED) is 0.371. The highest BCUT2D eigenvalue weighted by atomic mass is 32.2. The van der Waals surface area contributed by atoms with Crippen molar-refractivity contribution in [1.29, 1.82) is 0 Å². The van der Waals surface area contributed by atoms with Crippen LogP contribution in [0.5, 0.6) is 17.2 Å². The molecule has 38 heavy (non-hydrogen) atoms. The molecular weight excluding hydrogens is 510 g/mol. The summed E-state index contributed by atoms with van der Waals surface area (Å²) >= 11 is 0. The average Bonchev–Trinajstić information content (AvgIpc) is 3.42. The Bertz CT molecular complexity index is 1690. The number of carboxylic acid groups (broad SMARTS) is 1. The maximum Gasteiger partial charge on any atom is 0.335 e. The molecule has 0 radical (unpaired) electrons. The van der Waals surface area contributed by atoms with Crippen LogP contribution in [0.3, 0.4) is 0 Å². The normalized spacial score (nSPS) is 16.9. The van der Waals surface area contributed by atoms with Crippen LogP contribution in [-0.2, 0) is 21.2 Å². The zero-order valence-corrected chi connectivity index (χ0v) is 21.0. The minimum Gasteiger partial charge on any atom is -0.478 e. The van der Waals surface area contributed by atoms with E-state index in [1.165, 1.54) is 36.4 Å². The molecule has 1 heterocycles. The van der Waals surface area contributed by atoms with Crippen molar-refractivity contribution in [2.24, 2.45) is 0 Å². The first-order valence-corrected chi connectivity index (χ1v) is 13.0. The average molecular weight is 547 g/mol. The van der Waals surface area contributed by atoms with Crippen molar-refractivity contribution in [3.8, 4) is 17.2 Å². The SMILES string of the molecule is [2H]C([2H])([2H])C([2H])(c1ccc(S(=O)(=O)NC(=O)C(Oc2ccc(C(=O)O)cc2CCC)c2ccc3c(c2)OCO3)cc1)C([2H])([2H])[2H]. The molecule has 10 heteroatoms. The van der Waals surface area contributed by atoms with Gasteiger partial charge in [-0.2, -0.15) is 0 Å². The zero-order chi connectivity index (χ0) is 33.4. The molecule has 1 aliphatic heterocycles. The van der Waals surface area contributed by atoms with E-state index in [1.54, 1.807) is 0 Å². The molecule has 3 aromatic rings. The molecule has 4 rings (SSSR count). The third-order valence-electron chi connectivity index (χ3n) is 5.70. The van der Waals surface area contributed by atoms with Crippen LogP contribution in [0.4, 0.5) is 0 Å². The van der Waals surface area contributed by atoms with Gasteiger partial charge in [-0.05, 0) is 65.9 Å². The molecule has 0 saturated carbocycles. The van der Waals surface area contributed by atoms with Gasteiger partial charge >= 0.3 is 5.97 Å². The van der Waals surface area contributed by atoms with Crippen molar-refractivity contribution in [3.63, 3.8) is 0 Å². The molecule has 0 aliphatic carbocycles. The summed E-state index contributed by atoms with van der Waals surface area (Å²) in [6, 6.07) is 12.1. The standard InChI is InChI=1S/C28H29NO8S/c1-4-5-19-14-21(28(31)32)9-12-23(19)37-26(20-8-13-24-25(15-20)36-16-35-24)27(30)29-38(33,34)22-10-6-18(7-11-22)17(2)3/h6-15,17,26H,4-5,16H2,1-3H3,(H,29,30)(H,31,32)/i2D3,3D3,17D. The Hall–Kier alpha value is -4.05. The molecule has 200 valence electrons. The Morgan fingerprint density at radius 1 is 1.05 bits per heavy atom. The molecule has 1 unspecified atom stereocenters. The monoisotopic (exact) mass is 546 g/mol. The van der Waals surface area contributed by atoms with E-state index in [-0.39, 0.29) is 29.4 Å². The molecule has 0 aromatic heterocycles. The number of nitrogens with one attached hydrogen (secondary N) is 1. The topological polar surface area (TPSA) is 128 Å². The van der Waals surface area contributed by atoms with Crippen LogP contribution in [0.2, 0.25) is 0 Å². The highest BCUT2D eigenvalue weighted by molar-refractivity contribution is 7.90. The van der Waals surface area contributed by atoms with E-state index in [9.17, 15) is 23.1 Å². The summed E-state index contributed by atoms with van der Waals surface area (Å²) in [5, 5.41) is 9.42. The summed E-state index contributed by atoms with van der Waals surface area (Å²) in [6.07, 6.45) is -0.596. The highest BCUT2D eigenvalue weighted by Gasteiger charge is 2.30. The second-order valence-corrected chi connectivity index (χ2v) is 10.0. The lowest BCUT2D eigenvalue weighted by molar-refractivity contribution is -0.126. The Kier molecular flexibility index (Phi) is 5.59. The third-order valence-corrected chi connectivity index (χ3v) is 7.06. The summed E-state index contributed by atoms with van der Waals surface area (Å²) < 4.78 is 99.4. The number of ether oxygens (including phenoxy) is 3. The van der Waals surface area contributed by atoms with Crippen LogP contribution >= 0.6 is 0 Å². The van der Waals surface area contributed by atoms with E-state index >= 15 is 0 Å². The maximum absolute atomic E-state index is 13.6. The fraction of sp³-hybridized carbons (Fsp3) is 0.286. The number of aromatic carboxylic acids is 1. The fourth-order valence-corrected chi connectivity index (χ4v) is 4.80. The van der Waals surface area contributed by atoms with E-state index in [2.05, 4.69) is 0 Å². The molecule has 0 saturated heterocycles. The van der Waals surface area contributed by atoms with Gasteiger partial charge in [0.15, 0.2) is 11.5 Å². The smallest absolute Gasteiger partial charge is 0.335 e. The van der Waals surface area contributed by atoms with E-state index in [1.807, 2.05) is 11.6 Å². The summed E-state index contributed by atoms with van der Waals surface area (Å²) in [5.41, 5.74) is 0.176. The summed E-state index contributed by atoms with van der Waals surface area (Å²) in [6.45, 7) is -4.76. The first-order chi connectivity index (χ1) is 20.9. The van der Waals surface area contributed by atoms with Crippen molar-refractivity contribution >= 4 is 21.9 Å². The van der Waals surface area contributed by atoms with Gasteiger partial charge in [-0.3, -0.25) is 4.79 Å². The molecule has 9 nitrogen and oxygen atoms in total. The number of carboxylic acids is 1. The predicted octanol–water partition coefficient (Wildman–Crippen LogP) is 4.81. The maximum atomic E-state index is 13.6.